The average Bonchev–Trinajstić information content (AvgIpc) is 4.06. The van der Waals surface area contributed by atoms with E-state index in [1.54, 1.807) is 75.2 Å². The molecule has 4 aromatic heterocycles. The van der Waals surface area contributed by atoms with Crippen LogP contribution in [0.3, 0.4) is 0 Å². The summed E-state index contributed by atoms with van der Waals surface area (Å²) in [5.41, 5.74) is 22.5. The molecule has 0 spiro atoms. The first-order chi connectivity index (χ1) is 31.4. The van der Waals surface area contributed by atoms with E-state index in [-0.39, 0.29) is 41.3 Å². The van der Waals surface area contributed by atoms with Crippen molar-refractivity contribution in [3.8, 4) is 33.9 Å². The number of amides is 1. The molecule has 0 fully saturated rings. The van der Waals surface area contributed by atoms with Crippen LogP contribution in [0.4, 0.5) is 49.1 Å². The van der Waals surface area contributed by atoms with E-state index in [0.717, 1.165) is 57.9 Å². The summed E-state index contributed by atoms with van der Waals surface area (Å²) >= 11 is 0. The number of carbonyl (C=O) groups is 2. The Labute approximate surface area is 384 Å². The number of aromatic carboxylic acids is 1. The molecule has 0 bridgehead atoms. The number of carboxylic acid groups (broad SMARTS) is 1. The molecule has 1 amide bonds. The Bertz CT molecular complexity index is 3090. The summed E-state index contributed by atoms with van der Waals surface area (Å²) in [4.78, 5) is 23.9. The topological polar surface area (TPSA) is 242 Å². The molecule has 8 N–H and O–H groups in total. The Kier molecular flexibility index (Phi) is 14.8. The highest BCUT2D eigenvalue weighted by atomic mass is 19.4. The number of rotatable bonds is 7. The van der Waals surface area contributed by atoms with Crippen molar-refractivity contribution in [3.05, 3.63) is 142 Å². The van der Waals surface area contributed by atoms with Gasteiger partial charge in [-0.2, -0.15) is 36.5 Å². The lowest BCUT2D eigenvalue weighted by Crippen LogP contribution is -2.14. The fourth-order valence-corrected chi connectivity index (χ4v) is 6.43. The number of aryl methyl sites for hydroxylation is 4. The third-order valence-corrected chi connectivity index (χ3v) is 10.3. The highest BCUT2D eigenvalue weighted by molar-refractivity contribution is 6.05. The normalized spacial score (nSPS) is 11.2. The molecule has 4 heterocycles. The number of carboxylic acids is 1. The SMILES string of the molecule is C.Cc1ccc(C(=O)Nc2cc(N)cc(C(F)(F)F)c2)cc1-n1cc(-c2cnn(C)c2C)nn1.Cc1ccc(C(=O)O)cc1-n1cc(-c2cnn(C)c2C)nn1.Nc1cc(N)cc(C(F)(F)F)c1. The standard InChI is InChI=1S/C22H20F3N7O.C15H15N5O2.C7H7F3N2.CH4/c1-12-4-5-14(21(33)28-17-8-15(22(23,24)25)7-16(26)9-17)6-20(12)32-11-19(29-30-32)18-10-27-31(3)13(18)2;1-9-4-5-11(15(21)22)6-14(9)20-8-13(17-18-20)12-7-16-19(3)10(12)2;8-7(9,10)4-1-5(11)3-6(12)2-4;/h4-11H,26H2,1-3H3,(H,28,33);4-8H,1-3H3,(H,21,22);1-3H,11-12H2;1H4. The molecular formula is C45H46F6N14O3. The van der Waals surface area contributed by atoms with Crippen molar-refractivity contribution >= 4 is 34.6 Å². The summed E-state index contributed by atoms with van der Waals surface area (Å²) < 4.78 is 81.9. The molecular weight excluding hydrogens is 899 g/mol. The van der Waals surface area contributed by atoms with E-state index in [1.165, 1.54) is 16.8 Å². The van der Waals surface area contributed by atoms with E-state index < -0.39 is 35.4 Å². The van der Waals surface area contributed by atoms with Crippen molar-refractivity contribution in [3.63, 3.8) is 0 Å². The van der Waals surface area contributed by atoms with Crippen molar-refractivity contribution in [2.75, 3.05) is 22.5 Å². The molecule has 0 aliphatic carbocycles. The number of nitrogens with two attached hydrogens (primary N) is 3. The molecule has 8 rings (SSSR count). The summed E-state index contributed by atoms with van der Waals surface area (Å²) in [6, 6.07) is 15.7. The zero-order valence-corrected chi connectivity index (χ0v) is 36.5. The number of benzene rings is 4. The van der Waals surface area contributed by atoms with E-state index in [0.29, 0.717) is 22.8 Å². The van der Waals surface area contributed by atoms with Crippen LogP contribution in [-0.4, -0.2) is 66.5 Å². The maximum absolute atomic E-state index is 13.1. The van der Waals surface area contributed by atoms with Crippen LogP contribution in [0.2, 0.25) is 0 Å². The van der Waals surface area contributed by atoms with Gasteiger partial charge >= 0.3 is 18.3 Å². The van der Waals surface area contributed by atoms with Crippen molar-refractivity contribution < 1.29 is 41.0 Å². The maximum Gasteiger partial charge on any atom is 0.416 e. The highest BCUT2D eigenvalue weighted by Gasteiger charge is 2.32. The van der Waals surface area contributed by atoms with Crippen LogP contribution in [0.5, 0.6) is 0 Å². The van der Waals surface area contributed by atoms with Crippen molar-refractivity contribution in [1.82, 2.24) is 49.5 Å². The predicted octanol–water partition coefficient (Wildman–Crippen LogP) is 8.63. The molecule has 0 unspecified atom stereocenters. The first-order valence-electron chi connectivity index (χ1n) is 19.7. The third-order valence-electron chi connectivity index (χ3n) is 10.3. The maximum atomic E-state index is 13.1. The number of hydrogen-bond acceptors (Lipinski definition) is 11. The summed E-state index contributed by atoms with van der Waals surface area (Å²) in [6.45, 7) is 7.62. The van der Waals surface area contributed by atoms with Crippen LogP contribution in [0.15, 0.2) is 97.6 Å². The van der Waals surface area contributed by atoms with Gasteiger partial charge in [-0.15, -0.1) is 10.2 Å². The van der Waals surface area contributed by atoms with Crippen molar-refractivity contribution in [2.24, 2.45) is 14.1 Å². The summed E-state index contributed by atoms with van der Waals surface area (Å²) in [7, 11) is 3.69. The van der Waals surface area contributed by atoms with Crippen molar-refractivity contribution in [2.45, 2.75) is 47.5 Å². The summed E-state index contributed by atoms with van der Waals surface area (Å²) in [6.07, 6.45) is -2.03. The molecule has 0 saturated heterocycles. The monoisotopic (exact) mass is 944 g/mol. The van der Waals surface area contributed by atoms with Crippen LogP contribution in [0.25, 0.3) is 33.9 Å². The molecule has 0 aliphatic heterocycles. The predicted molar refractivity (Wildman–Crippen MR) is 244 cm³/mol. The number of nitrogens with zero attached hydrogens (tertiary/aromatic N) is 10. The number of nitrogen functional groups attached to an aromatic ring is 3. The van der Waals surface area contributed by atoms with E-state index in [1.807, 2.05) is 41.8 Å². The zero-order valence-electron chi connectivity index (χ0n) is 36.5. The Morgan fingerprint density at radius 1 is 0.603 bits per heavy atom. The highest BCUT2D eigenvalue weighted by Crippen LogP contribution is 2.34. The van der Waals surface area contributed by atoms with Gasteiger partial charge in [-0.25, -0.2) is 14.2 Å². The molecule has 68 heavy (non-hydrogen) atoms. The Morgan fingerprint density at radius 3 is 1.43 bits per heavy atom. The fraction of sp³-hybridized carbons (Fsp3) is 0.200. The molecule has 0 atom stereocenters. The van der Waals surface area contributed by atoms with Gasteiger partial charge in [-0.1, -0.05) is 30.0 Å². The number of aromatic nitrogens is 10. The van der Waals surface area contributed by atoms with Gasteiger partial charge in [-0.05, 0) is 99.5 Å². The first kappa shape index (κ1) is 50.5. The fourth-order valence-electron chi connectivity index (χ4n) is 6.43. The van der Waals surface area contributed by atoms with Gasteiger partial charge in [0.05, 0.1) is 52.9 Å². The average molecular weight is 945 g/mol. The third kappa shape index (κ3) is 11.7. The number of carbonyl (C=O) groups excluding carboxylic acids is 1. The molecule has 8 aromatic rings. The molecule has 17 nitrogen and oxygen atoms in total. The number of anilines is 4. The van der Waals surface area contributed by atoms with Gasteiger partial charge in [0.1, 0.15) is 11.4 Å². The molecule has 0 saturated carbocycles. The number of hydrogen-bond donors (Lipinski definition) is 5. The Hall–Kier alpha value is -8.50. The minimum absolute atomic E-state index is 0. The van der Waals surface area contributed by atoms with Gasteiger partial charge in [0, 0.05) is 64.9 Å². The Balaban J connectivity index is 0.000000212. The van der Waals surface area contributed by atoms with Crippen LogP contribution in [0.1, 0.15) is 61.8 Å². The second-order valence-corrected chi connectivity index (χ2v) is 15.1. The zero-order chi connectivity index (χ0) is 49.1. The lowest BCUT2D eigenvalue weighted by Gasteiger charge is -2.12. The number of nitrogens with one attached hydrogen (secondary N) is 1. The van der Waals surface area contributed by atoms with E-state index in [9.17, 15) is 35.9 Å². The lowest BCUT2D eigenvalue weighted by atomic mass is 10.1. The largest absolute Gasteiger partial charge is 0.478 e. The van der Waals surface area contributed by atoms with Crippen LogP contribution in [-0.2, 0) is 26.4 Å². The minimum atomic E-state index is -4.58. The van der Waals surface area contributed by atoms with Crippen LogP contribution >= 0.6 is 0 Å². The Morgan fingerprint density at radius 2 is 1.01 bits per heavy atom. The van der Waals surface area contributed by atoms with Crippen molar-refractivity contribution in [1.29, 1.82) is 0 Å². The minimum Gasteiger partial charge on any atom is -0.478 e. The van der Waals surface area contributed by atoms with Gasteiger partial charge in [0.2, 0.25) is 0 Å². The van der Waals surface area contributed by atoms with Gasteiger partial charge < -0.3 is 27.6 Å². The second-order valence-electron chi connectivity index (χ2n) is 15.1. The van der Waals surface area contributed by atoms with Gasteiger partial charge in [0.25, 0.3) is 5.91 Å². The van der Waals surface area contributed by atoms with Crippen LogP contribution < -0.4 is 22.5 Å². The van der Waals surface area contributed by atoms with Crippen LogP contribution in [0, 0.1) is 27.7 Å². The molecule has 0 radical (unpaired) electrons. The molecule has 356 valence electrons. The molecule has 4 aromatic carbocycles. The first-order valence-corrected chi connectivity index (χ1v) is 19.7. The smallest absolute Gasteiger partial charge is 0.416 e. The number of alkyl halides is 6. The van der Waals surface area contributed by atoms with Gasteiger partial charge in [-0.3, -0.25) is 14.2 Å². The second kappa shape index (κ2) is 19.9. The van der Waals surface area contributed by atoms with E-state index in [4.69, 9.17) is 22.3 Å². The van der Waals surface area contributed by atoms with Gasteiger partial charge in [0.15, 0.2) is 0 Å². The summed E-state index contributed by atoms with van der Waals surface area (Å²) in [5.74, 6) is -1.55. The van der Waals surface area contributed by atoms with E-state index >= 15 is 0 Å². The molecule has 23 heteroatoms. The summed E-state index contributed by atoms with van der Waals surface area (Å²) in [5, 5.41) is 36.6. The lowest BCUT2D eigenvalue weighted by molar-refractivity contribution is -0.138. The number of halogens is 6. The molecule has 0 aliphatic rings. The van der Waals surface area contributed by atoms with E-state index in [2.05, 4.69) is 36.1 Å². The quantitative estimate of drug-likeness (QED) is 0.0745.